The van der Waals surface area contributed by atoms with Gasteiger partial charge in [-0.1, -0.05) is 17.8 Å². The number of ether oxygens (including phenoxy) is 1. The molecule has 2 unspecified atom stereocenters. The SMILES string of the molecule is COC(=O)c1ccc(C(O)C(O)CCSC(C)=O)cc1O. The van der Waals surface area contributed by atoms with Crippen LogP contribution < -0.4 is 0 Å². The van der Waals surface area contributed by atoms with Crippen molar-refractivity contribution in [2.45, 2.75) is 25.6 Å². The number of methoxy groups -OCH3 is 1. The van der Waals surface area contributed by atoms with E-state index in [1.165, 1.54) is 32.2 Å². The number of aliphatic hydroxyl groups is 2. The standard InChI is InChI=1S/C14H18O6S/c1-8(15)21-6-5-11(16)13(18)9-3-4-10(12(17)7-9)14(19)20-2/h3-4,7,11,13,16-18H,5-6H2,1-2H3. The highest BCUT2D eigenvalue weighted by Gasteiger charge is 2.21. The Morgan fingerprint density at radius 2 is 2.00 bits per heavy atom. The predicted octanol–water partition coefficient (Wildman–Crippen LogP) is 1.24. The number of phenolic OH excluding ortho intramolecular Hbond substituents is 1. The molecule has 0 saturated heterocycles. The van der Waals surface area contributed by atoms with Crippen LogP contribution in [0.2, 0.25) is 0 Å². The van der Waals surface area contributed by atoms with Gasteiger partial charge in [0.25, 0.3) is 0 Å². The zero-order chi connectivity index (χ0) is 16.0. The number of thioether (sulfide) groups is 1. The molecule has 0 spiro atoms. The lowest BCUT2D eigenvalue weighted by Gasteiger charge is -2.18. The fourth-order valence-corrected chi connectivity index (χ4v) is 2.37. The summed E-state index contributed by atoms with van der Waals surface area (Å²) >= 11 is 1.06. The first-order valence-corrected chi connectivity index (χ1v) is 7.26. The molecule has 1 rings (SSSR count). The average molecular weight is 314 g/mol. The van der Waals surface area contributed by atoms with Crippen LogP contribution in [-0.2, 0) is 9.53 Å². The maximum Gasteiger partial charge on any atom is 0.341 e. The quantitative estimate of drug-likeness (QED) is 0.679. The van der Waals surface area contributed by atoms with E-state index in [0.29, 0.717) is 5.75 Å². The number of phenols is 1. The predicted molar refractivity (Wildman–Crippen MR) is 78.2 cm³/mol. The van der Waals surface area contributed by atoms with E-state index in [0.717, 1.165) is 11.8 Å². The number of esters is 1. The summed E-state index contributed by atoms with van der Waals surface area (Å²) < 4.78 is 4.49. The molecule has 0 heterocycles. The molecule has 0 radical (unpaired) electrons. The Morgan fingerprint density at radius 3 is 2.52 bits per heavy atom. The summed E-state index contributed by atoms with van der Waals surface area (Å²) in [6.45, 7) is 1.43. The van der Waals surface area contributed by atoms with Gasteiger partial charge in [-0.25, -0.2) is 4.79 Å². The van der Waals surface area contributed by atoms with E-state index in [1.807, 2.05) is 0 Å². The maximum atomic E-state index is 11.3. The van der Waals surface area contributed by atoms with E-state index in [-0.39, 0.29) is 28.4 Å². The van der Waals surface area contributed by atoms with Gasteiger partial charge in [-0.05, 0) is 24.1 Å². The fraction of sp³-hybridized carbons (Fsp3) is 0.429. The molecule has 0 aliphatic rings. The van der Waals surface area contributed by atoms with Crippen LogP contribution in [0, 0.1) is 0 Å². The van der Waals surface area contributed by atoms with Crippen LogP contribution in [0.15, 0.2) is 18.2 Å². The molecule has 6 nitrogen and oxygen atoms in total. The van der Waals surface area contributed by atoms with Crippen molar-refractivity contribution in [1.29, 1.82) is 0 Å². The lowest BCUT2D eigenvalue weighted by molar-refractivity contribution is -0.109. The summed E-state index contributed by atoms with van der Waals surface area (Å²) in [4.78, 5) is 22.1. The number of rotatable bonds is 6. The highest BCUT2D eigenvalue weighted by Crippen LogP contribution is 2.26. The molecule has 0 fully saturated rings. The Balaban J connectivity index is 2.74. The molecule has 3 N–H and O–H groups in total. The van der Waals surface area contributed by atoms with Crippen molar-refractivity contribution in [1.82, 2.24) is 0 Å². The molecule has 0 saturated carbocycles. The van der Waals surface area contributed by atoms with Crippen molar-refractivity contribution < 1.29 is 29.6 Å². The molecule has 0 aliphatic carbocycles. The number of benzene rings is 1. The zero-order valence-electron chi connectivity index (χ0n) is 11.8. The molecular weight excluding hydrogens is 296 g/mol. The van der Waals surface area contributed by atoms with E-state index in [4.69, 9.17) is 0 Å². The molecule has 0 aliphatic heterocycles. The van der Waals surface area contributed by atoms with Crippen LogP contribution in [-0.4, -0.2) is 45.4 Å². The van der Waals surface area contributed by atoms with Crippen LogP contribution in [0.5, 0.6) is 5.75 Å². The second-order valence-corrected chi connectivity index (χ2v) is 5.68. The lowest BCUT2D eigenvalue weighted by atomic mass is 10.0. The molecule has 2 atom stereocenters. The van der Waals surface area contributed by atoms with E-state index in [1.54, 1.807) is 0 Å². The summed E-state index contributed by atoms with van der Waals surface area (Å²) in [5, 5.41) is 29.5. The average Bonchev–Trinajstić information content (AvgIpc) is 2.45. The van der Waals surface area contributed by atoms with Crippen LogP contribution in [0.3, 0.4) is 0 Å². The Labute approximate surface area is 126 Å². The summed E-state index contributed by atoms with van der Waals surface area (Å²) in [6, 6.07) is 3.95. The Hall–Kier alpha value is -1.57. The van der Waals surface area contributed by atoms with E-state index >= 15 is 0 Å². The third kappa shape index (κ3) is 5.04. The first-order chi connectivity index (χ1) is 9.86. The molecule has 21 heavy (non-hydrogen) atoms. The molecule has 0 aromatic heterocycles. The van der Waals surface area contributed by atoms with Gasteiger partial charge in [-0.15, -0.1) is 0 Å². The fourth-order valence-electron chi connectivity index (χ4n) is 1.72. The van der Waals surface area contributed by atoms with Crippen molar-refractivity contribution in [3.63, 3.8) is 0 Å². The third-order valence-electron chi connectivity index (χ3n) is 2.85. The van der Waals surface area contributed by atoms with Crippen molar-refractivity contribution in [2.24, 2.45) is 0 Å². The number of hydrogen-bond acceptors (Lipinski definition) is 7. The van der Waals surface area contributed by atoms with Gasteiger partial charge in [0, 0.05) is 12.7 Å². The molecule has 0 bridgehead atoms. The first kappa shape index (κ1) is 17.5. The Morgan fingerprint density at radius 1 is 1.33 bits per heavy atom. The third-order valence-corrected chi connectivity index (χ3v) is 3.70. The van der Waals surface area contributed by atoms with Gasteiger partial charge in [0.15, 0.2) is 5.12 Å². The highest BCUT2D eigenvalue weighted by atomic mass is 32.2. The Bertz CT molecular complexity index is 516. The molecule has 0 amide bonds. The van der Waals surface area contributed by atoms with Crippen molar-refractivity contribution in [2.75, 3.05) is 12.9 Å². The normalized spacial score (nSPS) is 13.5. The zero-order valence-corrected chi connectivity index (χ0v) is 12.6. The number of carbonyl (C=O) groups is 2. The smallest absolute Gasteiger partial charge is 0.341 e. The second-order valence-electron chi connectivity index (χ2n) is 4.41. The van der Waals surface area contributed by atoms with E-state index < -0.39 is 18.2 Å². The van der Waals surface area contributed by atoms with Gasteiger partial charge < -0.3 is 20.1 Å². The summed E-state index contributed by atoms with van der Waals surface area (Å²) in [5.74, 6) is -0.629. The van der Waals surface area contributed by atoms with E-state index in [2.05, 4.69) is 4.74 Å². The van der Waals surface area contributed by atoms with E-state index in [9.17, 15) is 24.9 Å². The lowest BCUT2D eigenvalue weighted by Crippen LogP contribution is -2.19. The van der Waals surface area contributed by atoms with Crippen LogP contribution in [0.1, 0.15) is 35.4 Å². The minimum atomic E-state index is -1.21. The Kier molecular flexibility index (Phi) is 6.67. The number of hydrogen-bond donors (Lipinski definition) is 3. The van der Waals surface area contributed by atoms with Crippen molar-refractivity contribution >= 4 is 22.8 Å². The van der Waals surface area contributed by atoms with Crippen LogP contribution in [0.25, 0.3) is 0 Å². The van der Waals surface area contributed by atoms with Gasteiger partial charge in [0.05, 0.1) is 13.2 Å². The maximum absolute atomic E-state index is 11.3. The van der Waals surface area contributed by atoms with Gasteiger partial charge in [-0.2, -0.15) is 0 Å². The summed E-state index contributed by atoms with van der Waals surface area (Å²) in [7, 11) is 1.20. The van der Waals surface area contributed by atoms with Gasteiger partial charge >= 0.3 is 5.97 Å². The number of carbonyl (C=O) groups excluding carboxylic acids is 2. The van der Waals surface area contributed by atoms with Gasteiger partial charge in [0.2, 0.25) is 0 Å². The summed E-state index contributed by atoms with van der Waals surface area (Å²) in [6.07, 6.45) is -2.05. The molecule has 116 valence electrons. The molecule has 1 aromatic carbocycles. The number of aliphatic hydroxyl groups excluding tert-OH is 2. The molecular formula is C14H18O6S. The van der Waals surface area contributed by atoms with Gasteiger partial charge in [0.1, 0.15) is 17.4 Å². The minimum Gasteiger partial charge on any atom is -0.507 e. The number of aromatic hydroxyl groups is 1. The van der Waals surface area contributed by atoms with Gasteiger partial charge in [-0.3, -0.25) is 4.79 Å². The topological polar surface area (TPSA) is 104 Å². The molecule has 7 heteroatoms. The van der Waals surface area contributed by atoms with Crippen LogP contribution in [0.4, 0.5) is 0 Å². The first-order valence-electron chi connectivity index (χ1n) is 6.27. The highest BCUT2D eigenvalue weighted by molar-refractivity contribution is 8.13. The van der Waals surface area contributed by atoms with Crippen LogP contribution >= 0.6 is 11.8 Å². The molecule has 1 aromatic rings. The minimum absolute atomic E-state index is 0.0184. The second kappa shape index (κ2) is 8.02. The monoisotopic (exact) mass is 314 g/mol. The summed E-state index contributed by atoms with van der Waals surface area (Å²) in [5.41, 5.74) is 0.260. The largest absolute Gasteiger partial charge is 0.507 e. The van der Waals surface area contributed by atoms with Crippen molar-refractivity contribution in [3.05, 3.63) is 29.3 Å². The van der Waals surface area contributed by atoms with Crippen molar-refractivity contribution in [3.8, 4) is 5.75 Å².